The van der Waals surface area contributed by atoms with E-state index in [1.165, 1.54) is 19.3 Å². The third-order valence-electron chi connectivity index (χ3n) is 3.68. The van der Waals surface area contributed by atoms with Gasteiger partial charge in [0.05, 0.1) is 0 Å². The van der Waals surface area contributed by atoms with Crippen LogP contribution >= 0.6 is 0 Å². The summed E-state index contributed by atoms with van der Waals surface area (Å²) in [5.74, 6) is 3.56. The van der Waals surface area contributed by atoms with E-state index in [-0.39, 0.29) is 0 Å². The SMILES string of the molecule is CNc1ncnc(NCC2CCC(C)C2)c1C. The lowest BCUT2D eigenvalue weighted by Gasteiger charge is -2.14. The van der Waals surface area contributed by atoms with E-state index in [0.29, 0.717) is 0 Å². The summed E-state index contributed by atoms with van der Waals surface area (Å²) >= 11 is 0. The topological polar surface area (TPSA) is 49.8 Å². The van der Waals surface area contributed by atoms with Crippen LogP contribution in [0.5, 0.6) is 0 Å². The van der Waals surface area contributed by atoms with Crippen LogP contribution in [0, 0.1) is 18.8 Å². The minimum absolute atomic E-state index is 0.803. The molecule has 0 aliphatic heterocycles. The summed E-state index contributed by atoms with van der Waals surface area (Å²) in [7, 11) is 1.89. The summed E-state index contributed by atoms with van der Waals surface area (Å²) in [6.07, 6.45) is 5.67. The number of aromatic nitrogens is 2. The summed E-state index contributed by atoms with van der Waals surface area (Å²) in [6, 6.07) is 0. The largest absolute Gasteiger partial charge is 0.373 e. The van der Waals surface area contributed by atoms with E-state index < -0.39 is 0 Å². The van der Waals surface area contributed by atoms with Gasteiger partial charge in [-0.15, -0.1) is 0 Å². The van der Waals surface area contributed by atoms with E-state index in [1.54, 1.807) is 6.33 Å². The van der Waals surface area contributed by atoms with E-state index in [0.717, 1.165) is 35.6 Å². The molecule has 0 bridgehead atoms. The van der Waals surface area contributed by atoms with Gasteiger partial charge in [0.25, 0.3) is 0 Å². The molecule has 0 spiro atoms. The Balaban J connectivity index is 1.95. The predicted octanol–water partition coefficient (Wildman–Crippen LogP) is 2.67. The average molecular weight is 234 g/mol. The highest BCUT2D eigenvalue weighted by atomic mass is 15.1. The van der Waals surface area contributed by atoms with Crippen LogP contribution in [0.25, 0.3) is 0 Å². The van der Waals surface area contributed by atoms with Gasteiger partial charge in [0, 0.05) is 19.2 Å². The zero-order valence-corrected chi connectivity index (χ0v) is 11.0. The second kappa shape index (κ2) is 5.34. The first kappa shape index (κ1) is 12.1. The Kier molecular flexibility index (Phi) is 3.82. The van der Waals surface area contributed by atoms with Gasteiger partial charge in [-0.2, -0.15) is 0 Å². The molecule has 94 valence electrons. The first-order chi connectivity index (χ1) is 8.20. The predicted molar refractivity (Wildman–Crippen MR) is 71.3 cm³/mol. The number of anilines is 2. The molecule has 4 heteroatoms. The van der Waals surface area contributed by atoms with Gasteiger partial charge >= 0.3 is 0 Å². The van der Waals surface area contributed by atoms with Crippen LogP contribution in [0.2, 0.25) is 0 Å². The number of nitrogens with zero attached hydrogens (tertiary/aromatic N) is 2. The van der Waals surface area contributed by atoms with Crippen LogP contribution in [0.15, 0.2) is 6.33 Å². The second-order valence-corrected chi connectivity index (χ2v) is 5.11. The Bertz CT molecular complexity index is 378. The molecular weight excluding hydrogens is 212 g/mol. The van der Waals surface area contributed by atoms with Crippen molar-refractivity contribution in [3.8, 4) is 0 Å². The van der Waals surface area contributed by atoms with Crippen molar-refractivity contribution in [2.24, 2.45) is 11.8 Å². The van der Waals surface area contributed by atoms with Crippen molar-refractivity contribution in [2.45, 2.75) is 33.1 Å². The fraction of sp³-hybridized carbons (Fsp3) is 0.692. The lowest BCUT2D eigenvalue weighted by atomic mass is 10.1. The molecule has 0 amide bonds. The van der Waals surface area contributed by atoms with Crippen LogP contribution in [0.3, 0.4) is 0 Å². The third kappa shape index (κ3) is 2.87. The van der Waals surface area contributed by atoms with Crippen molar-refractivity contribution < 1.29 is 0 Å². The molecule has 2 rings (SSSR count). The van der Waals surface area contributed by atoms with E-state index in [9.17, 15) is 0 Å². The Morgan fingerprint density at radius 2 is 2.06 bits per heavy atom. The molecule has 0 radical (unpaired) electrons. The molecule has 1 aromatic heterocycles. The maximum Gasteiger partial charge on any atom is 0.134 e. The van der Waals surface area contributed by atoms with Gasteiger partial charge in [-0.3, -0.25) is 0 Å². The van der Waals surface area contributed by atoms with E-state index >= 15 is 0 Å². The molecule has 0 aromatic carbocycles. The van der Waals surface area contributed by atoms with Crippen LogP contribution < -0.4 is 10.6 Å². The molecular formula is C13H22N4. The van der Waals surface area contributed by atoms with Gasteiger partial charge in [0.2, 0.25) is 0 Å². The normalized spacial score (nSPS) is 23.7. The molecule has 1 aliphatic rings. The van der Waals surface area contributed by atoms with Crippen molar-refractivity contribution in [2.75, 3.05) is 24.2 Å². The maximum atomic E-state index is 4.30. The molecule has 17 heavy (non-hydrogen) atoms. The van der Waals surface area contributed by atoms with Crippen molar-refractivity contribution in [1.29, 1.82) is 0 Å². The molecule has 4 nitrogen and oxygen atoms in total. The molecule has 2 unspecified atom stereocenters. The molecule has 1 saturated carbocycles. The molecule has 1 fully saturated rings. The van der Waals surface area contributed by atoms with Gasteiger partial charge in [-0.25, -0.2) is 9.97 Å². The molecule has 0 saturated heterocycles. The highest BCUT2D eigenvalue weighted by Gasteiger charge is 2.21. The lowest BCUT2D eigenvalue weighted by Crippen LogP contribution is -2.14. The minimum Gasteiger partial charge on any atom is -0.373 e. The van der Waals surface area contributed by atoms with Crippen LogP contribution in [-0.2, 0) is 0 Å². The third-order valence-corrected chi connectivity index (χ3v) is 3.68. The summed E-state index contributed by atoms with van der Waals surface area (Å²) in [6.45, 7) is 5.42. The Labute approximate surface area is 103 Å². The molecule has 2 N–H and O–H groups in total. The second-order valence-electron chi connectivity index (χ2n) is 5.11. The van der Waals surface area contributed by atoms with Crippen LogP contribution in [0.1, 0.15) is 31.7 Å². The van der Waals surface area contributed by atoms with Crippen molar-refractivity contribution in [1.82, 2.24) is 9.97 Å². The molecule has 2 atom stereocenters. The van der Waals surface area contributed by atoms with E-state index in [4.69, 9.17) is 0 Å². The number of nitrogens with one attached hydrogen (secondary N) is 2. The van der Waals surface area contributed by atoms with Crippen LogP contribution in [-0.4, -0.2) is 23.6 Å². The molecule has 1 aliphatic carbocycles. The van der Waals surface area contributed by atoms with Crippen molar-refractivity contribution in [3.05, 3.63) is 11.9 Å². The first-order valence-corrected chi connectivity index (χ1v) is 6.44. The van der Waals surface area contributed by atoms with Crippen molar-refractivity contribution >= 4 is 11.6 Å². The van der Waals surface area contributed by atoms with E-state index in [1.807, 2.05) is 14.0 Å². The van der Waals surface area contributed by atoms with Crippen molar-refractivity contribution in [3.63, 3.8) is 0 Å². The highest BCUT2D eigenvalue weighted by Crippen LogP contribution is 2.30. The maximum absolute atomic E-state index is 4.30. The number of hydrogen-bond acceptors (Lipinski definition) is 4. The van der Waals surface area contributed by atoms with Gasteiger partial charge < -0.3 is 10.6 Å². The highest BCUT2D eigenvalue weighted by molar-refractivity contribution is 5.56. The average Bonchev–Trinajstić information content (AvgIpc) is 2.74. The molecule has 1 heterocycles. The zero-order chi connectivity index (χ0) is 12.3. The van der Waals surface area contributed by atoms with Gasteiger partial charge in [0.1, 0.15) is 18.0 Å². The Morgan fingerprint density at radius 3 is 2.71 bits per heavy atom. The summed E-state index contributed by atoms with van der Waals surface area (Å²) in [4.78, 5) is 8.49. The fourth-order valence-electron chi connectivity index (χ4n) is 2.63. The van der Waals surface area contributed by atoms with Crippen LogP contribution in [0.4, 0.5) is 11.6 Å². The van der Waals surface area contributed by atoms with Gasteiger partial charge in [-0.1, -0.05) is 13.3 Å². The monoisotopic (exact) mass is 234 g/mol. The zero-order valence-electron chi connectivity index (χ0n) is 11.0. The number of rotatable bonds is 4. The Morgan fingerprint density at radius 1 is 1.29 bits per heavy atom. The van der Waals surface area contributed by atoms with Gasteiger partial charge in [0.15, 0.2) is 0 Å². The minimum atomic E-state index is 0.803. The van der Waals surface area contributed by atoms with E-state index in [2.05, 4.69) is 27.5 Å². The van der Waals surface area contributed by atoms with Gasteiger partial charge in [-0.05, 0) is 31.6 Å². The number of hydrogen-bond donors (Lipinski definition) is 2. The quantitative estimate of drug-likeness (QED) is 0.841. The summed E-state index contributed by atoms with van der Waals surface area (Å²) in [5.41, 5.74) is 1.10. The summed E-state index contributed by atoms with van der Waals surface area (Å²) < 4.78 is 0. The fourth-order valence-corrected chi connectivity index (χ4v) is 2.63. The smallest absolute Gasteiger partial charge is 0.134 e. The summed E-state index contributed by atoms with van der Waals surface area (Å²) in [5, 5.41) is 6.54. The first-order valence-electron chi connectivity index (χ1n) is 6.44. The Hall–Kier alpha value is -1.32. The molecule has 1 aromatic rings. The standard InChI is InChI=1S/C13H22N4/c1-9-4-5-11(6-9)7-15-13-10(2)12(14-3)16-8-17-13/h8-9,11H,4-7H2,1-3H3,(H2,14,15,16,17). The lowest BCUT2D eigenvalue weighted by molar-refractivity contribution is 0.536.